The van der Waals surface area contributed by atoms with Crippen molar-refractivity contribution < 1.29 is 9.53 Å². The smallest absolute Gasteiger partial charge is 0.251 e. The van der Waals surface area contributed by atoms with Gasteiger partial charge < -0.3 is 15.8 Å². The van der Waals surface area contributed by atoms with Crippen LogP contribution in [0.1, 0.15) is 22.8 Å². The number of nitrogen functional groups attached to an aromatic ring is 1. The minimum atomic E-state index is -0.126. The van der Waals surface area contributed by atoms with E-state index in [2.05, 4.69) is 5.32 Å². The van der Waals surface area contributed by atoms with Gasteiger partial charge in [-0.3, -0.25) is 4.79 Å². The van der Waals surface area contributed by atoms with Crippen molar-refractivity contribution in [1.29, 1.82) is 0 Å². The van der Waals surface area contributed by atoms with Gasteiger partial charge in [0.1, 0.15) is 0 Å². The maximum atomic E-state index is 11.7. The summed E-state index contributed by atoms with van der Waals surface area (Å²) < 4.78 is 5.04. The first-order valence-corrected chi connectivity index (χ1v) is 5.21. The van der Waals surface area contributed by atoms with Gasteiger partial charge in [-0.25, -0.2) is 0 Å². The van der Waals surface area contributed by atoms with Crippen LogP contribution in [0.5, 0.6) is 0 Å². The zero-order valence-corrected chi connectivity index (χ0v) is 9.91. The Labute approximate surface area is 95.8 Å². The molecule has 1 atom stereocenters. The molecular formula is C12H18N2O2. The highest BCUT2D eigenvalue weighted by molar-refractivity contribution is 5.95. The first-order chi connectivity index (χ1) is 7.52. The average Bonchev–Trinajstić information content (AvgIpc) is 2.23. The monoisotopic (exact) mass is 222 g/mol. The fraction of sp³-hybridized carbons (Fsp3) is 0.417. The Morgan fingerprint density at radius 1 is 1.50 bits per heavy atom. The molecule has 88 valence electrons. The SMILES string of the molecule is COC(C)CNC(=O)c1cc(C)cc(N)c1. The van der Waals surface area contributed by atoms with E-state index in [0.717, 1.165) is 5.56 Å². The lowest BCUT2D eigenvalue weighted by Gasteiger charge is -2.11. The molecule has 4 heteroatoms. The summed E-state index contributed by atoms with van der Waals surface area (Å²) in [6, 6.07) is 5.30. The second-order valence-electron chi connectivity index (χ2n) is 3.89. The normalized spacial score (nSPS) is 12.2. The number of methoxy groups -OCH3 is 1. The van der Waals surface area contributed by atoms with E-state index in [4.69, 9.17) is 10.5 Å². The number of ether oxygens (including phenoxy) is 1. The van der Waals surface area contributed by atoms with Gasteiger partial charge in [-0.05, 0) is 37.6 Å². The number of nitrogens with one attached hydrogen (secondary N) is 1. The third-order valence-electron chi connectivity index (χ3n) is 2.31. The molecule has 1 rings (SSSR count). The largest absolute Gasteiger partial charge is 0.399 e. The van der Waals surface area contributed by atoms with E-state index in [9.17, 15) is 4.79 Å². The van der Waals surface area contributed by atoms with Gasteiger partial charge in [0, 0.05) is 24.9 Å². The number of benzene rings is 1. The maximum absolute atomic E-state index is 11.7. The zero-order valence-electron chi connectivity index (χ0n) is 9.91. The van der Waals surface area contributed by atoms with Gasteiger partial charge in [0.2, 0.25) is 0 Å². The number of anilines is 1. The highest BCUT2D eigenvalue weighted by atomic mass is 16.5. The van der Waals surface area contributed by atoms with Crippen LogP contribution >= 0.6 is 0 Å². The lowest BCUT2D eigenvalue weighted by atomic mass is 10.1. The van der Waals surface area contributed by atoms with Crippen LogP contribution in [-0.4, -0.2) is 25.7 Å². The van der Waals surface area contributed by atoms with Crippen LogP contribution in [0.25, 0.3) is 0 Å². The highest BCUT2D eigenvalue weighted by Gasteiger charge is 2.08. The van der Waals surface area contributed by atoms with Crippen molar-refractivity contribution in [2.75, 3.05) is 19.4 Å². The molecule has 0 bridgehead atoms. The molecule has 1 aromatic carbocycles. The number of carbonyl (C=O) groups excluding carboxylic acids is 1. The summed E-state index contributed by atoms with van der Waals surface area (Å²) in [5.74, 6) is -0.126. The van der Waals surface area contributed by atoms with Crippen molar-refractivity contribution in [2.45, 2.75) is 20.0 Å². The Bertz CT molecular complexity index is 357. The molecule has 1 amide bonds. The van der Waals surface area contributed by atoms with Crippen molar-refractivity contribution in [3.8, 4) is 0 Å². The summed E-state index contributed by atoms with van der Waals surface area (Å²) in [5.41, 5.74) is 7.84. The van der Waals surface area contributed by atoms with Crippen LogP contribution < -0.4 is 11.1 Å². The number of nitrogens with two attached hydrogens (primary N) is 1. The molecule has 0 aliphatic heterocycles. The van der Waals surface area contributed by atoms with Crippen LogP contribution in [0.3, 0.4) is 0 Å². The molecule has 3 N–H and O–H groups in total. The lowest BCUT2D eigenvalue weighted by Crippen LogP contribution is -2.31. The number of aryl methyl sites for hydroxylation is 1. The Kier molecular flexibility index (Phi) is 4.31. The van der Waals surface area contributed by atoms with Gasteiger partial charge in [0.05, 0.1) is 6.10 Å². The van der Waals surface area contributed by atoms with E-state index in [0.29, 0.717) is 17.8 Å². The van der Waals surface area contributed by atoms with Crippen LogP contribution in [-0.2, 0) is 4.74 Å². The topological polar surface area (TPSA) is 64.3 Å². The molecule has 0 aromatic heterocycles. The first-order valence-electron chi connectivity index (χ1n) is 5.21. The summed E-state index contributed by atoms with van der Waals surface area (Å²) in [4.78, 5) is 11.7. The molecule has 0 aliphatic carbocycles. The van der Waals surface area contributed by atoms with Crippen molar-refractivity contribution in [3.05, 3.63) is 29.3 Å². The third kappa shape index (κ3) is 3.55. The molecule has 0 fully saturated rings. The highest BCUT2D eigenvalue weighted by Crippen LogP contribution is 2.10. The predicted molar refractivity (Wildman–Crippen MR) is 64.4 cm³/mol. The van der Waals surface area contributed by atoms with E-state index in [1.165, 1.54) is 0 Å². The van der Waals surface area contributed by atoms with Gasteiger partial charge in [-0.2, -0.15) is 0 Å². The molecule has 16 heavy (non-hydrogen) atoms. The molecule has 1 unspecified atom stereocenters. The maximum Gasteiger partial charge on any atom is 0.251 e. The summed E-state index contributed by atoms with van der Waals surface area (Å²) in [7, 11) is 1.61. The summed E-state index contributed by atoms with van der Waals surface area (Å²) in [5, 5.41) is 2.78. The van der Waals surface area contributed by atoms with Crippen molar-refractivity contribution in [3.63, 3.8) is 0 Å². The van der Waals surface area contributed by atoms with E-state index < -0.39 is 0 Å². The predicted octanol–water partition coefficient (Wildman–Crippen LogP) is 1.34. The van der Waals surface area contributed by atoms with Crippen molar-refractivity contribution in [2.24, 2.45) is 0 Å². The second kappa shape index (κ2) is 5.51. The second-order valence-corrected chi connectivity index (χ2v) is 3.89. The molecule has 4 nitrogen and oxygen atoms in total. The molecule has 0 saturated heterocycles. The van der Waals surface area contributed by atoms with E-state index in [1.807, 2.05) is 26.0 Å². The number of rotatable bonds is 4. The summed E-state index contributed by atoms with van der Waals surface area (Å²) in [6.45, 7) is 4.29. The van der Waals surface area contributed by atoms with Gasteiger partial charge in [-0.1, -0.05) is 0 Å². The summed E-state index contributed by atoms with van der Waals surface area (Å²) in [6.07, 6.45) is 0.00565. The zero-order chi connectivity index (χ0) is 12.1. The van der Waals surface area contributed by atoms with Gasteiger partial charge in [0.25, 0.3) is 5.91 Å². The number of carbonyl (C=O) groups is 1. The number of amides is 1. The fourth-order valence-corrected chi connectivity index (χ4v) is 1.37. The molecule has 1 aromatic rings. The number of hydrogen-bond donors (Lipinski definition) is 2. The number of hydrogen-bond acceptors (Lipinski definition) is 3. The molecule has 0 aliphatic rings. The van der Waals surface area contributed by atoms with Gasteiger partial charge >= 0.3 is 0 Å². The van der Waals surface area contributed by atoms with Gasteiger partial charge in [-0.15, -0.1) is 0 Å². The first kappa shape index (κ1) is 12.5. The van der Waals surface area contributed by atoms with Crippen LogP contribution in [0.2, 0.25) is 0 Å². The van der Waals surface area contributed by atoms with E-state index >= 15 is 0 Å². The van der Waals surface area contributed by atoms with Crippen molar-refractivity contribution >= 4 is 11.6 Å². The third-order valence-corrected chi connectivity index (χ3v) is 2.31. The van der Waals surface area contributed by atoms with Crippen LogP contribution in [0.15, 0.2) is 18.2 Å². The summed E-state index contributed by atoms with van der Waals surface area (Å²) >= 11 is 0. The van der Waals surface area contributed by atoms with Gasteiger partial charge in [0.15, 0.2) is 0 Å². The van der Waals surface area contributed by atoms with Crippen LogP contribution in [0, 0.1) is 6.92 Å². The lowest BCUT2D eigenvalue weighted by molar-refractivity contribution is 0.0870. The van der Waals surface area contributed by atoms with E-state index in [-0.39, 0.29) is 12.0 Å². The molecule has 0 saturated carbocycles. The minimum Gasteiger partial charge on any atom is -0.399 e. The minimum absolute atomic E-state index is 0.00565. The fourth-order valence-electron chi connectivity index (χ4n) is 1.37. The molecular weight excluding hydrogens is 204 g/mol. The molecule has 0 heterocycles. The van der Waals surface area contributed by atoms with Crippen LogP contribution in [0.4, 0.5) is 5.69 Å². The average molecular weight is 222 g/mol. The Hall–Kier alpha value is -1.55. The molecule has 0 radical (unpaired) electrons. The standard InChI is InChI=1S/C12H18N2O2/c1-8-4-10(6-11(13)5-8)12(15)14-7-9(2)16-3/h4-6,9H,7,13H2,1-3H3,(H,14,15). The van der Waals surface area contributed by atoms with E-state index in [1.54, 1.807) is 13.2 Å². The molecule has 0 spiro atoms. The quantitative estimate of drug-likeness (QED) is 0.756. The Morgan fingerprint density at radius 2 is 2.19 bits per heavy atom. The van der Waals surface area contributed by atoms with Crippen molar-refractivity contribution in [1.82, 2.24) is 5.32 Å². The Morgan fingerprint density at radius 3 is 2.75 bits per heavy atom. The Balaban J connectivity index is 2.66.